The molecule has 1 saturated heterocycles. The lowest BCUT2D eigenvalue weighted by molar-refractivity contribution is 0.0748. The highest BCUT2D eigenvalue weighted by molar-refractivity contribution is 6.06. The number of piperazine rings is 1. The van der Waals surface area contributed by atoms with Gasteiger partial charge in [-0.3, -0.25) is 4.79 Å². The summed E-state index contributed by atoms with van der Waals surface area (Å²) in [5, 5.41) is 1.01. The van der Waals surface area contributed by atoms with E-state index in [0.29, 0.717) is 26.3 Å². The number of carbonyl (C=O) groups excluding carboxylic acids is 1. The molecule has 0 radical (unpaired) electrons. The van der Waals surface area contributed by atoms with Gasteiger partial charge in [0.05, 0.1) is 12.3 Å². The molecule has 2 aromatic carbocycles. The van der Waals surface area contributed by atoms with Crippen LogP contribution in [0.5, 0.6) is 5.75 Å². The quantitative estimate of drug-likeness (QED) is 0.604. The molecular formula is C23H27N3O3. The number of anilines is 1. The number of hydrogen-bond donors (Lipinski definition) is 0. The summed E-state index contributed by atoms with van der Waals surface area (Å²) in [5.74, 6) is 0.962. The summed E-state index contributed by atoms with van der Waals surface area (Å²) in [7, 11) is 3.67. The van der Waals surface area contributed by atoms with Gasteiger partial charge in [-0.05, 0) is 30.3 Å². The number of nitrogens with zero attached hydrogens (tertiary/aromatic N) is 3. The van der Waals surface area contributed by atoms with Crippen molar-refractivity contribution in [1.29, 1.82) is 0 Å². The van der Waals surface area contributed by atoms with E-state index < -0.39 is 0 Å². The van der Waals surface area contributed by atoms with Gasteiger partial charge in [0, 0.05) is 63.0 Å². The second kappa shape index (κ2) is 8.57. The number of amides is 1. The minimum absolute atomic E-state index is 0.103. The number of methoxy groups -OCH3 is 1. The van der Waals surface area contributed by atoms with Gasteiger partial charge >= 0.3 is 0 Å². The molecule has 0 bridgehead atoms. The summed E-state index contributed by atoms with van der Waals surface area (Å²) < 4.78 is 13.0. The molecule has 4 rings (SSSR count). The molecule has 1 amide bonds. The molecule has 1 aliphatic rings. The van der Waals surface area contributed by atoms with E-state index in [2.05, 4.69) is 11.0 Å². The molecular weight excluding hydrogens is 366 g/mol. The summed E-state index contributed by atoms with van der Waals surface area (Å²) >= 11 is 0. The fourth-order valence-corrected chi connectivity index (χ4v) is 3.89. The Kier molecular flexibility index (Phi) is 5.71. The Morgan fingerprint density at radius 2 is 1.76 bits per heavy atom. The molecule has 6 heteroatoms. The lowest BCUT2D eigenvalue weighted by Gasteiger charge is -2.36. The van der Waals surface area contributed by atoms with Gasteiger partial charge in [-0.25, -0.2) is 0 Å². The molecule has 29 heavy (non-hydrogen) atoms. The molecule has 0 saturated carbocycles. The molecule has 1 aromatic heterocycles. The van der Waals surface area contributed by atoms with Crippen molar-refractivity contribution < 1.29 is 14.3 Å². The van der Waals surface area contributed by atoms with Crippen LogP contribution in [0.1, 0.15) is 10.4 Å². The van der Waals surface area contributed by atoms with Gasteiger partial charge in [0.15, 0.2) is 0 Å². The minimum atomic E-state index is 0.103. The average molecular weight is 393 g/mol. The maximum absolute atomic E-state index is 13.2. The first-order valence-corrected chi connectivity index (χ1v) is 9.98. The largest absolute Gasteiger partial charge is 0.489 e. The third-order valence-electron chi connectivity index (χ3n) is 5.48. The van der Waals surface area contributed by atoms with Gasteiger partial charge in [-0.2, -0.15) is 0 Å². The van der Waals surface area contributed by atoms with Crippen LogP contribution in [0.3, 0.4) is 0 Å². The number of benzene rings is 2. The summed E-state index contributed by atoms with van der Waals surface area (Å²) in [6.07, 6.45) is 2.00. The van der Waals surface area contributed by atoms with Gasteiger partial charge in [0.1, 0.15) is 12.4 Å². The number of fused-ring (bicyclic) bond motifs is 1. The van der Waals surface area contributed by atoms with Gasteiger partial charge < -0.3 is 23.8 Å². The molecule has 0 unspecified atom stereocenters. The van der Waals surface area contributed by atoms with Crippen molar-refractivity contribution in [3.8, 4) is 5.75 Å². The Morgan fingerprint density at radius 1 is 0.966 bits per heavy atom. The van der Waals surface area contributed by atoms with E-state index in [1.807, 2.05) is 65.2 Å². The van der Waals surface area contributed by atoms with E-state index in [1.165, 1.54) is 0 Å². The molecule has 0 atom stereocenters. The summed E-state index contributed by atoms with van der Waals surface area (Å²) in [4.78, 5) is 17.4. The van der Waals surface area contributed by atoms with E-state index in [1.54, 1.807) is 7.11 Å². The van der Waals surface area contributed by atoms with E-state index in [-0.39, 0.29) is 5.91 Å². The number of carbonyl (C=O) groups is 1. The predicted octanol–water partition coefficient (Wildman–Crippen LogP) is 3.17. The van der Waals surface area contributed by atoms with E-state index in [9.17, 15) is 4.79 Å². The Hall–Kier alpha value is -2.99. The molecule has 2 heterocycles. The van der Waals surface area contributed by atoms with Crippen molar-refractivity contribution >= 4 is 22.5 Å². The first-order valence-electron chi connectivity index (χ1n) is 9.98. The number of aromatic nitrogens is 1. The van der Waals surface area contributed by atoms with Crippen LogP contribution in [-0.4, -0.2) is 61.9 Å². The fourth-order valence-electron chi connectivity index (χ4n) is 3.89. The van der Waals surface area contributed by atoms with Crippen molar-refractivity contribution in [3.63, 3.8) is 0 Å². The van der Waals surface area contributed by atoms with Crippen molar-refractivity contribution in [2.24, 2.45) is 7.05 Å². The Labute approximate surface area is 171 Å². The maximum Gasteiger partial charge on any atom is 0.254 e. The first kappa shape index (κ1) is 19.3. The fraction of sp³-hybridized carbons (Fsp3) is 0.348. The Morgan fingerprint density at radius 3 is 2.55 bits per heavy atom. The van der Waals surface area contributed by atoms with E-state index in [0.717, 1.165) is 41.0 Å². The van der Waals surface area contributed by atoms with Crippen LogP contribution in [0.4, 0.5) is 5.69 Å². The first-order chi connectivity index (χ1) is 14.2. The molecule has 3 aromatic rings. The van der Waals surface area contributed by atoms with Gasteiger partial charge in [0.25, 0.3) is 5.91 Å². The van der Waals surface area contributed by atoms with Crippen LogP contribution in [0.15, 0.2) is 54.7 Å². The van der Waals surface area contributed by atoms with Crippen molar-refractivity contribution in [1.82, 2.24) is 9.47 Å². The zero-order valence-corrected chi connectivity index (χ0v) is 17.0. The van der Waals surface area contributed by atoms with Crippen molar-refractivity contribution in [2.45, 2.75) is 0 Å². The monoisotopic (exact) mass is 393 g/mol. The standard InChI is InChI=1S/C23H27N3O3/c1-24-11-10-18-19(6-5-8-20(18)24)23(27)26-14-12-25(13-15-26)21-7-3-4-9-22(21)29-17-16-28-2/h3-11H,12-17H2,1-2H3. The Balaban J connectivity index is 1.45. The summed E-state index contributed by atoms with van der Waals surface area (Å²) in [6.45, 7) is 4.01. The van der Waals surface area contributed by atoms with Crippen LogP contribution in [0.2, 0.25) is 0 Å². The van der Waals surface area contributed by atoms with Gasteiger partial charge in [0.2, 0.25) is 0 Å². The number of ether oxygens (including phenoxy) is 2. The van der Waals surface area contributed by atoms with E-state index in [4.69, 9.17) is 9.47 Å². The zero-order chi connectivity index (χ0) is 20.2. The highest BCUT2D eigenvalue weighted by atomic mass is 16.5. The molecule has 6 nitrogen and oxygen atoms in total. The molecule has 1 aliphatic heterocycles. The molecule has 0 aliphatic carbocycles. The lowest BCUT2D eigenvalue weighted by Crippen LogP contribution is -2.49. The number of rotatable bonds is 6. The second-order valence-corrected chi connectivity index (χ2v) is 7.25. The van der Waals surface area contributed by atoms with Crippen LogP contribution in [0, 0.1) is 0 Å². The van der Waals surface area contributed by atoms with Gasteiger partial charge in [-0.1, -0.05) is 18.2 Å². The van der Waals surface area contributed by atoms with Crippen LogP contribution < -0.4 is 9.64 Å². The molecule has 0 N–H and O–H groups in total. The average Bonchev–Trinajstić information content (AvgIpc) is 3.15. The lowest BCUT2D eigenvalue weighted by atomic mass is 10.1. The highest BCUT2D eigenvalue weighted by Crippen LogP contribution is 2.29. The SMILES string of the molecule is COCCOc1ccccc1N1CCN(C(=O)c2cccc3c2ccn3C)CC1. The van der Waals surface area contributed by atoms with Crippen LogP contribution in [0.25, 0.3) is 10.9 Å². The number of aryl methyl sites for hydroxylation is 1. The topological polar surface area (TPSA) is 46.9 Å². The number of para-hydroxylation sites is 2. The third-order valence-corrected chi connectivity index (χ3v) is 5.48. The van der Waals surface area contributed by atoms with E-state index >= 15 is 0 Å². The predicted molar refractivity (Wildman–Crippen MR) is 115 cm³/mol. The molecule has 1 fully saturated rings. The summed E-state index contributed by atoms with van der Waals surface area (Å²) in [6, 6.07) is 16.0. The smallest absolute Gasteiger partial charge is 0.254 e. The minimum Gasteiger partial charge on any atom is -0.489 e. The van der Waals surface area contributed by atoms with Crippen LogP contribution in [-0.2, 0) is 11.8 Å². The summed E-state index contributed by atoms with van der Waals surface area (Å²) in [5.41, 5.74) is 2.93. The zero-order valence-electron chi connectivity index (χ0n) is 17.0. The van der Waals surface area contributed by atoms with Crippen LogP contribution >= 0.6 is 0 Å². The maximum atomic E-state index is 13.2. The highest BCUT2D eigenvalue weighted by Gasteiger charge is 2.25. The van der Waals surface area contributed by atoms with Crippen molar-refractivity contribution in [2.75, 3.05) is 51.4 Å². The number of hydrogen-bond acceptors (Lipinski definition) is 4. The third kappa shape index (κ3) is 3.93. The van der Waals surface area contributed by atoms with Crippen molar-refractivity contribution in [3.05, 3.63) is 60.3 Å². The van der Waals surface area contributed by atoms with Gasteiger partial charge in [-0.15, -0.1) is 0 Å². The normalized spacial score (nSPS) is 14.4. The molecule has 152 valence electrons. The molecule has 0 spiro atoms. The Bertz CT molecular complexity index is 990. The second-order valence-electron chi connectivity index (χ2n) is 7.25.